The van der Waals surface area contributed by atoms with E-state index in [1.807, 2.05) is 0 Å². The summed E-state index contributed by atoms with van der Waals surface area (Å²) in [7, 11) is -3.14. The average molecular weight is 280 g/mol. The molecular formula is C8H13N2O5PS. The quantitative estimate of drug-likeness (QED) is 0.728. The van der Waals surface area contributed by atoms with Gasteiger partial charge >= 0.3 is 102 Å². The van der Waals surface area contributed by atoms with E-state index in [4.69, 9.17) is 14.2 Å². The van der Waals surface area contributed by atoms with Crippen molar-refractivity contribution >= 4 is 30.5 Å². The first-order valence-electron chi connectivity index (χ1n) is 5.02. The Balaban J connectivity index is 1.98. The Morgan fingerprint density at radius 1 is 1.59 bits per heavy atom. The summed E-state index contributed by atoms with van der Waals surface area (Å²) < 4.78 is 10.5. The third-order valence-corrected chi connectivity index (χ3v) is 5.04. The van der Waals surface area contributed by atoms with Crippen molar-refractivity contribution in [3.05, 3.63) is 11.1 Å². The van der Waals surface area contributed by atoms with E-state index in [0.29, 0.717) is 18.9 Å². The molecule has 1 fully saturated rings. The fourth-order valence-corrected chi connectivity index (χ4v) is 4.13. The Morgan fingerprint density at radius 3 is 2.94 bits per heavy atom. The number of hydrogen-bond donors (Lipinski definition) is 3. The van der Waals surface area contributed by atoms with Crippen LogP contribution in [0.15, 0.2) is 5.38 Å². The van der Waals surface area contributed by atoms with Crippen molar-refractivity contribution in [2.75, 3.05) is 18.5 Å². The van der Waals surface area contributed by atoms with Gasteiger partial charge in [-0.1, -0.05) is 0 Å². The van der Waals surface area contributed by atoms with Crippen LogP contribution in [0.1, 0.15) is 12.1 Å². The van der Waals surface area contributed by atoms with Gasteiger partial charge in [0.2, 0.25) is 0 Å². The summed E-state index contributed by atoms with van der Waals surface area (Å²) in [5, 5.41) is 12.6. The van der Waals surface area contributed by atoms with Gasteiger partial charge in [-0.05, 0) is 0 Å². The van der Waals surface area contributed by atoms with Gasteiger partial charge in [-0.3, -0.25) is 0 Å². The molecule has 1 aromatic rings. The second-order valence-electron chi connectivity index (χ2n) is 3.51. The van der Waals surface area contributed by atoms with Crippen LogP contribution < -0.4 is 5.32 Å². The van der Waals surface area contributed by atoms with Crippen molar-refractivity contribution < 1.29 is 23.8 Å². The average Bonchev–Trinajstić information content (AvgIpc) is 2.64. The SMILES string of the molecule is O=C(O)Nc1nc(C[PH]2(O)OCCCO2)cs1. The van der Waals surface area contributed by atoms with E-state index in [1.54, 1.807) is 5.38 Å². The van der Waals surface area contributed by atoms with E-state index >= 15 is 0 Å². The first-order chi connectivity index (χ1) is 8.07. The minimum absolute atomic E-state index is 0.213. The van der Waals surface area contributed by atoms with Crippen LogP contribution in [0.2, 0.25) is 0 Å². The Hall–Kier alpha value is -0.790. The van der Waals surface area contributed by atoms with Gasteiger partial charge in [-0.25, -0.2) is 0 Å². The molecule has 7 nitrogen and oxygen atoms in total. The number of anilines is 1. The number of carboxylic acid groups (broad SMARTS) is 1. The van der Waals surface area contributed by atoms with Gasteiger partial charge in [0.1, 0.15) is 0 Å². The van der Waals surface area contributed by atoms with E-state index in [2.05, 4.69) is 10.3 Å². The van der Waals surface area contributed by atoms with Crippen LogP contribution in [-0.2, 0) is 15.2 Å². The standard InChI is InChI=1S/C8H13N2O5PS/c11-8(12)10-7-9-6(5-17-7)4-16(13)14-2-1-3-15-16/h5,13,16H,1-4H2,(H,9,10)(H,11,12). The zero-order valence-electron chi connectivity index (χ0n) is 8.88. The van der Waals surface area contributed by atoms with Crippen molar-refractivity contribution in [1.82, 2.24) is 4.98 Å². The molecule has 9 heteroatoms. The molecule has 1 amide bonds. The monoisotopic (exact) mass is 280 g/mol. The second kappa shape index (κ2) is 5.24. The molecule has 1 aromatic heterocycles. The molecule has 0 spiro atoms. The predicted molar refractivity (Wildman–Crippen MR) is 64.5 cm³/mol. The summed E-state index contributed by atoms with van der Waals surface area (Å²) in [6.07, 6.45) is -0.171. The van der Waals surface area contributed by atoms with E-state index in [-0.39, 0.29) is 11.3 Å². The number of nitrogens with one attached hydrogen (secondary N) is 1. The zero-order valence-corrected chi connectivity index (χ0v) is 10.7. The third-order valence-electron chi connectivity index (χ3n) is 2.11. The maximum absolute atomic E-state index is 10.4. The molecule has 17 heavy (non-hydrogen) atoms. The molecule has 2 heterocycles. The van der Waals surface area contributed by atoms with Crippen LogP contribution >= 0.6 is 19.3 Å². The van der Waals surface area contributed by atoms with Crippen LogP contribution in [0.3, 0.4) is 0 Å². The van der Waals surface area contributed by atoms with E-state index in [1.165, 1.54) is 0 Å². The van der Waals surface area contributed by atoms with Crippen molar-refractivity contribution in [1.29, 1.82) is 0 Å². The van der Waals surface area contributed by atoms with Crippen LogP contribution in [-0.4, -0.2) is 34.3 Å². The Morgan fingerprint density at radius 2 is 2.29 bits per heavy atom. The van der Waals surface area contributed by atoms with Crippen molar-refractivity contribution in [3.8, 4) is 0 Å². The van der Waals surface area contributed by atoms with Crippen molar-refractivity contribution in [2.45, 2.75) is 12.6 Å². The second-order valence-corrected chi connectivity index (χ2v) is 6.73. The molecule has 96 valence electrons. The summed E-state index contributed by atoms with van der Waals surface area (Å²) >= 11 is 1.16. The number of rotatable bonds is 3. The van der Waals surface area contributed by atoms with Crippen LogP contribution in [0.4, 0.5) is 9.93 Å². The molecule has 0 aliphatic carbocycles. The topological polar surface area (TPSA) is 101 Å². The number of amides is 1. The Labute approximate surface area is 102 Å². The molecule has 0 radical (unpaired) electrons. The summed E-state index contributed by atoms with van der Waals surface area (Å²) in [5.74, 6) is 0. The van der Waals surface area contributed by atoms with E-state index in [0.717, 1.165) is 17.8 Å². The molecule has 0 aromatic carbocycles. The summed E-state index contributed by atoms with van der Waals surface area (Å²) in [6, 6.07) is 0. The molecular weight excluding hydrogens is 267 g/mol. The van der Waals surface area contributed by atoms with Gasteiger partial charge in [-0.15, -0.1) is 0 Å². The molecule has 2 rings (SSSR count). The fraction of sp³-hybridized carbons (Fsp3) is 0.500. The zero-order chi connectivity index (χ0) is 12.3. The van der Waals surface area contributed by atoms with Gasteiger partial charge in [0.25, 0.3) is 0 Å². The molecule has 0 atom stereocenters. The van der Waals surface area contributed by atoms with Gasteiger partial charge in [0.15, 0.2) is 0 Å². The minimum atomic E-state index is -3.14. The van der Waals surface area contributed by atoms with Gasteiger partial charge in [-0.2, -0.15) is 0 Å². The fourth-order valence-electron chi connectivity index (χ4n) is 1.43. The van der Waals surface area contributed by atoms with Crippen LogP contribution in [0, 0.1) is 0 Å². The molecule has 1 aliphatic heterocycles. The van der Waals surface area contributed by atoms with E-state index in [9.17, 15) is 9.69 Å². The molecule has 0 saturated carbocycles. The normalized spacial score (nSPS) is 20.8. The summed E-state index contributed by atoms with van der Waals surface area (Å²) in [5.41, 5.74) is 0.579. The number of carbonyl (C=O) groups is 1. The van der Waals surface area contributed by atoms with E-state index < -0.39 is 14.0 Å². The van der Waals surface area contributed by atoms with Gasteiger partial charge in [0.05, 0.1) is 0 Å². The third kappa shape index (κ3) is 3.58. The maximum atomic E-state index is 10.4. The summed E-state index contributed by atoms with van der Waals surface area (Å²) in [6.45, 7) is 0.986. The molecule has 0 unspecified atom stereocenters. The number of nitrogens with zero attached hydrogens (tertiary/aromatic N) is 1. The van der Waals surface area contributed by atoms with Gasteiger partial charge in [0, 0.05) is 0 Å². The first kappa shape index (κ1) is 12.7. The Kier molecular flexibility index (Phi) is 3.90. The van der Waals surface area contributed by atoms with Crippen molar-refractivity contribution in [2.24, 2.45) is 0 Å². The van der Waals surface area contributed by atoms with Crippen LogP contribution in [0.5, 0.6) is 0 Å². The number of hydrogen-bond acceptors (Lipinski definition) is 6. The molecule has 3 N–H and O–H groups in total. The van der Waals surface area contributed by atoms with Gasteiger partial charge < -0.3 is 0 Å². The molecule has 1 saturated heterocycles. The molecule has 1 aliphatic rings. The number of thiazole rings is 1. The first-order valence-corrected chi connectivity index (χ1v) is 7.87. The Bertz CT molecular complexity index is 406. The predicted octanol–water partition coefficient (Wildman–Crippen LogP) is 1.66. The van der Waals surface area contributed by atoms with Crippen LogP contribution in [0.25, 0.3) is 0 Å². The van der Waals surface area contributed by atoms with Crippen molar-refractivity contribution in [3.63, 3.8) is 0 Å². The molecule has 0 bridgehead atoms. The summed E-state index contributed by atoms with van der Waals surface area (Å²) in [4.78, 5) is 24.5. The number of aromatic nitrogens is 1.